The maximum Gasteiger partial charge on any atom is 0.405 e. The van der Waals surface area contributed by atoms with Gasteiger partial charge in [-0.05, 0) is 60.4 Å². The highest BCUT2D eigenvalue weighted by molar-refractivity contribution is 5.97. The van der Waals surface area contributed by atoms with Crippen LogP contribution in [0.15, 0.2) is 18.2 Å². The van der Waals surface area contributed by atoms with Gasteiger partial charge in [0.2, 0.25) is 0 Å². The second kappa shape index (κ2) is 9.02. The number of aromatic nitrogens is 1. The number of benzene rings is 1. The Morgan fingerprint density at radius 3 is 2.45 bits per heavy atom. The molecule has 2 N–H and O–H groups in total. The number of halogens is 3. The molecule has 0 radical (unpaired) electrons. The Balaban J connectivity index is 1.92. The van der Waals surface area contributed by atoms with Gasteiger partial charge in [0.05, 0.1) is 5.52 Å². The van der Waals surface area contributed by atoms with E-state index in [0.717, 1.165) is 29.4 Å². The fourth-order valence-corrected chi connectivity index (χ4v) is 3.76. The molecular weight excluding hydrogens is 407 g/mol. The number of nitrogens with zero attached hydrogens (tertiary/aromatic N) is 1. The van der Waals surface area contributed by atoms with Crippen LogP contribution in [-0.2, 0) is 10.2 Å². The molecule has 1 aliphatic heterocycles. The highest BCUT2D eigenvalue weighted by Gasteiger charge is 2.27. The lowest BCUT2D eigenvalue weighted by molar-refractivity contribution is -0.115. The minimum atomic E-state index is -4.31. The van der Waals surface area contributed by atoms with E-state index in [1.165, 1.54) is 0 Å². The van der Waals surface area contributed by atoms with Gasteiger partial charge < -0.3 is 15.4 Å². The van der Waals surface area contributed by atoms with Crippen LogP contribution in [0.2, 0.25) is 0 Å². The SMILES string of the molecule is Cc1cc(C(=O)NCC2CCOCC2)nc2c(C(C)(C)C)cc(NCC(F)(F)F)cc12. The molecule has 0 saturated carbocycles. The number of hydrogen-bond acceptors (Lipinski definition) is 4. The fourth-order valence-electron chi connectivity index (χ4n) is 3.76. The molecule has 1 fully saturated rings. The van der Waals surface area contributed by atoms with Crippen molar-refractivity contribution in [2.24, 2.45) is 5.92 Å². The second-order valence-corrected chi connectivity index (χ2v) is 9.23. The van der Waals surface area contributed by atoms with Gasteiger partial charge in [0, 0.05) is 30.8 Å². The maximum atomic E-state index is 12.8. The van der Waals surface area contributed by atoms with Crippen molar-refractivity contribution in [3.8, 4) is 0 Å². The van der Waals surface area contributed by atoms with Crippen LogP contribution in [0.25, 0.3) is 10.9 Å². The average Bonchev–Trinajstić information content (AvgIpc) is 2.69. The number of carbonyl (C=O) groups excluding carboxylic acids is 1. The molecule has 0 bridgehead atoms. The lowest BCUT2D eigenvalue weighted by Crippen LogP contribution is -2.32. The summed E-state index contributed by atoms with van der Waals surface area (Å²) >= 11 is 0. The molecule has 1 aromatic carbocycles. The molecule has 3 rings (SSSR count). The summed E-state index contributed by atoms with van der Waals surface area (Å²) in [6.45, 7) is 8.67. The first-order chi connectivity index (χ1) is 14.4. The third-order valence-electron chi connectivity index (χ3n) is 5.55. The van der Waals surface area contributed by atoms with Crippen molar-refractivity contribution in [1.29, 1.82) is 0 Å². The Kier molecular flexibility index (Phi) is 6.79. The quantitative estimate of drug-likeness (QED) is 0.693. The van der Waals surface area contributed by atoms with Crippen molar-refractivity contribution in [1.82, 2.24) is 10.3 Å². The van der Waals surface area contributed by atoms with Crippen LogP contribution >= 0.6 is 0 Å². The van der Waals surface area contributed by atoms with E-state index in [1.807, 2.05) is 27.7 Å². The number of amides is 1. The summed E-state index contributed by atoms with van der Waals surface area (Å²) in [5.41, 5.74) is 2.56. The maximum absolute atomic E-state index is 12.8. The summed E-state index contributed by atoms with van der Waals surface area (Å²) in [4.78, 5) is 17.4. The van der Waals surface area contributed by atoms with Crippen molar-refractivity contribution in [3.63, 3.8) is 0 Å². The van der Waals surface area contributed by atoms with Crippen LogP contribution < -0.4 is 10.6 Å². The molecule has 1 saturated heterocycles. The van der Waals surface area contributed by atoms with Crippen LogP contribution in [0.1, 0.15) is 55.2 Å². The van der Waals surface area contributed by atoms with Crippen LogP contribution in [-0.4, -0.2) is 43.4 Å². The molecule has 2 aromatic rings. The van der Waals surface area contributed by atoms with E-state index in [4.69, 9.17) is 4.74 Å². The first-order valence-corrected chi connectivity index (χ1v) is 10.6. The summed E-state index contributed by atoms with van der Waals surface area (Å²) in [6.07, 6.45) is -2.46. The summed E-state index contributed by atoms with van der Waals surface area (Å²) in [7, 11) is 0. The van der Waals surface area contributed by atoms with Gasteiger partial charge in [-0.15, -0.1) is 0 Å². The highest BCUT2D eigenvalue weighted by atomic mass is 19.4. The fraction of sp³-hybridized carbons (Fsp3) is 0.565. The van der Waals surface area contributed by atoms with Crippen molar-refractivity contribution >= 4 is 22.5 Å². The molecule has 170 valence electrons. The van der Waals surface area contributed by atoms with E-state index in [0.29, 0.717) is 42.6 Å². The lowest BCUT2D eigenvalue weighted by Gasteiger charge is -2.24. The van der Waals surface area contributed by atoms with Gasteiger partial charge in [0.1, 0.15) is 12.2 Å². The number of carbonyl (C=O) groups is 1. The molecule has 8 heteroatoms. The number of fused-ring (bicyclic) bond motifs is 1. The van der Waals surface area contributed by atoms with Gasteiger partial charge in [0.25, 0.3) is 5.91 Å². The van der Waals surface area contributed by atoms with Crippen molar-refractivity contribution in [3.05, 3.63) is 35.0 Å². The van der Waals surface area contributed by atoms with Gasteiger partial charge in [-0.25, -0.2) is 4.98 Å². The van der Waals surface area contributed by atoms with Crippen molar-refractivity contribution in [2.75, 3.05) is 31.6 Å². The minimum absolute atomic E-state index is 0.240. The van der Waals surface area contributed by atoms with Crippen LogP contribution in [0.4, 0.5) is 18.9 Å². The Morgan fingerprint density at radius 1 is 1.16 bits per heavy atom. The summed E-state index contributed by atoms with van der Waals surface area (Å²) in [5, 5.41) is 6.18. The first-order valence-electron chi connectivity index (χ1n) is 10.6. The number of aryl methyl sites for hydroxylation is 1. The monoisotopic (exact) mass is 437 g/mol. The molecule has 31 heavy (non-hydrogen) atoms. The summed E-state index contributed by atoms with van der Waals surface area (Å²) < 4.78 is 43.4. The Labute approximate surface area is 180 Å². The molecular formula is C23H30F3N3O2. The van der Waals surface area contributed by atoms with E-state index in [2.05, 4.69) is 15.6 Å². The minimum Gasteiger partial charge on any atom is -0.381 e. The van der Waals surface area contributed by atoms with E-state index >= 15 is 0 Å². The number of anilines is 1. The topological polar surface area (TPSA) is 63.2 Å². The number of rotatable bonds is 5. The van der Waals surface area contributed by atoms with E-state index < -0.39 is 12.7 Å². The van der Waals surface area contributed by atoms with Crippen LogP contribution in [0.3, 0.4) is 0 Å². The highest BCUT2D eigenvalue weighted by Crippen LogP contribution is 2.34. The van der Waals surface area contributed by atoms with E-state index in [9.17, 15) is 18.0 Å². The third kappa shape index (κ3) is 6.09. The van der Waals surface area contributed by atoms with Crippen molar-refractivity contribution in [2.45, 2.75) is 52.1 Å². The number of ether oxygens (including phenoxy) is 1. The number of nitrogens with one attached hydrogen (secondary N) is 2. The number of pyridine rings is 1. The predicted octanol–water partition coefficient (Wildman–Crippen LogP) is 4.97. The zero-order valence-corrected chi connectivity index (χ0v) is 18.4. The van der Waals surface area contributed by atoms with E-state index in [-0.39, 0.29) is 11.3 Å². The van der Waals surface area contributed by atoms with Gasteiger partial charge >= 0.3 is 6.18 Å². The lowest BCUT2D eigenvalue weighted by atomic mass is 9.84. The number of hydrogen-bond donors (Lipinski definition) is 2. The van der Waals surface area contributed by atoms with Gasteiger partial charge in [-0.1, -0.05) is 20.8 Å². The molecule has 5 nitrogen and oxygen atoms in total. The zero-order valence-electron chi connectivity index (χ0n) is 18.4. The Hall–Kier alpha value is -2.35. The molecule has 1 aromatic heterocycles. The van der Waals surface area contributed by atoms with Gasteiger partial charge in [0.15, 0.2) is 0 Å². The Bertz CT molecular complexity index is 946. The number of alkyl halides is 3. The van der Waals surface area contributed by atoms with Gasteiger partial charge in [-0.2, -0.15) is 13.2 Å². The first kappa shape index (κ1) is 23.3. The van der Waals surface area contributed by atoms with Gasteiger partial charge in [-0.3, -0.25) is 4.79 Å². The molecule has 0 unspecified atom stereocenters. The predicted molar refractivity (Wildman–Crippen MR) is 116 cm³/mol. The summed E-state index contributed by atoms with van der Waals surface area (Å²) in [5.74, 6) is 0.155. The molecule has 0 spiro atoms. The molecule has 1 amide bonds. The average molecular weight is 438 g/mol. The van der Waals surface area contributed by atoms with Crippen molar-refractivity contribution < 1.29 is 22.7 Å². The molecule has 0 atom stereocenters. The smallest absolute Gasteiger partial charge is 0.381 e. The molecule has 1 aliphatic rings. The normalized spacial score (nSPS) is 15.8. The molecule has 2 heterocycles. The van der Waals surface area contributed by atoms with E-state index in [1.54, 1.807) is 18.2 Å². The largest absolute Gasteiger partial charge is 0.405 e. The van der Waals surface area contributed by atoms with Crippen LogP contribution in [0.5, 0.6) is 0 Å². The molecule has 0 aliphatic carbocycles. The zero-order chi connectivity index (χ0) is 22.8. The summed E-state index contributed by atoms with van der Waals surface area (Å²) in [6, 6.07) is 5.06. The third-order valence-corrected chi connectivity index (χ3v) is 5.55. The standard InChI is InChI=1S/C23H30F3N3O2/c1-14-9-19(21(30)27-12-15-5-7-31-8-6-15)29-20-17(14)10-16(28-13-23(24,25)26)11-18(20)22(2,3)4/h9-11,15,28H,5-8,12-13H2,1-4H3,(H,27,30). The second-order valence-electron chi connectivity index (χ2n) is 9.23. The Morgan fingerprint density at radius 2 is 1.84 bits per heavy atom. The van der Waals surface area contributed by atoms with Crippen LogP contribution in [0, 0.1) is 12.8 Å².